The average molecular weight is 264 g/mol. The van der Waals surface area contributed by atoms with Crippen molar-refractivity contribution in [1.82, 2.24) is 15.2 Å². The molecule has 0 radical (unpaired) electrons. The first kappa shape index (κ1) is 14.2. The second-order valence-electron chi connectivity index (χ2n) is 4.94. The summed E-state index contributed by atoms with van der Waals surface area (Å²) in [7, 11) is 0. The lowest BCUT2D eigenvalue weighted by atomic mass is 10.2. The number of hydrogen-bond donors (Lipinski definition) is 2. The molecule has 1 aliphatic rings. The van der Waals surface area contributed by atoms with E-state index in [2.05, 4.69) is 33.1 Å². The van der Waals surface area contributed by atoms with Crippen LogP contribution in [-0.2, 0) is 0 Å². The molecule has 19 heavy (non-hydrogen) atoms. The van der Waals surface area contributed by atoms with Crippen LogP contribution < -0.4 is 10.2 Å². The standard InChI is InChI=1S/C14H24N4O/c1-2-15-11-13(19)12-17-7-9-18(10-8-17)14-5-3-4-6-16-14/h3-6,13,15,19H,2,7-12H2,1H3. The van der Waals surface area contributed by atoms with Crippen molar-refractivity contribution in [3.8, 4) is 0 Å². The number of rotatable bonds is 6. The lowest BCUT2D eigenvalue weighted by molar-refractivity contribution is 0.108. The largest absolute Gasteiger partial charge is 0.390 e. The van der Waals surface area contributed by atoms with Crippen LogP contribution in [0.5, 0.6) is 0 Å². The fourth-order valence-electron chi connectivity index (χ4n) is 2.37. The summed E-state index contributed by atoms with van der Waals surface area (Å²) >= 11 is 0. The maximum absolute atomic E-state index is 9.89. The summed E-state index contributed by atoms with van der Waals surface area (Å²) in [5.41, 5.74) is 0. The van der Waals surface area contributed by atoms with Crippen molar-refractivity contribution in [2.24, 2.45) is 0 Å². The first-order valence-electron chi connectivity index (χ1n) is 7.06. The van der Waals surface area contributed by atoms with Crippen LogP contribution in [0.2, 0.25) is 0 Å². The SMILES string of the molecule is CCNCC(O)CN1CCN(c2ccccn2)CC1. The lowest BCUT2D eigenvalue weighted by Crippen LogP contribution is -2.50. The van der Waals surface area contributed by atoms with Crippen LogP contribution in [0.1, 0.15) is 6.92 Å². The Hall–Kier alpha value is -1.17. The number of anilines is 1. The maximum Gasteiger partial charge on any atom is 0.128 e. The van der Waals surface area contributed by atoms with Crippen molar-refractivity contribution in [1.29, 1.82) is 0 Å². The van der Waals surface area contributed by atoms with E-state index in [4.69, 9.17) is 0 Å². The van der Waals surface area contributed by atoms with E-state index < -0.39 is 0 Å². The maximum atomic E-state index is 9.89. The molecule has 0 spiro atoms. The average Bonchev–Trinajstić information content (AvgIpc) is 2.47. The van der Waals surface area contributed by atoms with Crippen LogP contribution in [0.3, 0.4) is 0 Å². The van der Waals surface area contributed by atoms with Gasteiger partial charge in [-0.3, -0.25) is 4.90 Å². The number of pyridine rings is 1. The summed E-state index contributed by atoms with van der Waals surface area (Å²) in [6.45, 7) is 8.32. The monoisotopic (exact) mass is 264 g/mol. The van der Waals surface area contributed by atoms with Crippen LogP contribution >= 0.6 is 0 Å². The van der Waals surface area contributed by atoms with Crippen LogP contribution in [0, 0.1) is 0 Å². The second kappa shape index (κ2) is 7.43. The zero-order valence-corrected chi connectivity index (χ0v) is 11.6. The molecule has 2 N–H and O–H groups in total. The minimum Gasteiger partial charge on any atom is -0.390 e. The minimum atomic E-state index is -0.277. The normalized spacial score (nSPS) is 18.5. The Morgan fingerprint density at radius 2 is 2.11 bits per heavy atom. The van der Waals surface area contributed by atoms with Gasteiger partial charge in [-0.25, -0.2) is 4.98 Å². The molecule has 1 unspecified atom stereocenters. The number of hydrogen-bond acceptors (Lipinski definition) is 5. The highest BCUT2D eigenvalue weighted by Crippen LogP contribution is 2.12. The molecule has 0 bridgehead atoms. The fraction of sp³-hybridized carbons (Fsp3) is 0.643. The van der Waals surface area contributed by atoms with E-state index in [0.29, 0.717) is 6.54 Å². The third kappa shape index (κ3) is 4.45. The highest BCUT2D eigenvalue weighted by atomic mass is 16.3. The van der Waals surface area contributed by atoms with E-state index in [9.17, 15) is 5.11 Å². The highest BCUT2D eigenvalue weighted by molar-refractivity contribution is 5.38. The summed E-state index contributed by atoms with van der Waals surface area (Å²) in [4.78, 5) is 9.00. The predicted molar refractivity (Wildman–Crippen MR) is 77.4 cm³/mol. The predicted octanol–water partition coefficient (Wildman–Crippen LogP) is 0.174. The number of aliphatic hydroxyl groups is 1. The number of piperazine rings is 1. The van der Waals surface area contributed by atoms with Gasteiger partial charge in [0.15, 0.2) is 0 Å². The lowest BCUT2D eigenvalue weighted by Gasteiger charge is -2.36. The number of nitrogens with one attached hydrogen (secondary N) is 1. The van der Waals surface area contributed by atoms with Gasteiger partial charge in [-0.05, 0) is 18.7 Å². The molecular weight excluding hydrogens is 240 g/mol. The van der Waals surface area contributed by atoms with Gasteiger partial charge < -0.3 is 15.3 Å². The summed E-state index contributed by atoms with van der Waals surface area (Å²) in [6.07, 6.45) is 1.56. The Bertz CT molecular complexity index is 352. The summed E-state index contributed by atoms with van der Waals surface area (Å²) in [5, 5.41) is 13.1. The second-order valence-corrected chi connectivity index (χ2v) is 4.94. The number of aliphatic hydroxyl groups excluding tert-OH is 1. The van der Waals surface area contributed by atoms with Gasteiger partial charge in [0.25, 0.3) is 0 Å². The molecular formula is C14H24N4O. The van der Waals surface area contributed by atoms with Crippen LogP contribution in [0.25, 0.3) is 0 Å². The van der Waals surface area contributed by atoms with Crippen LogP contribution in [0.15, 0.2) is 24.4 Å². The van der Waals surface area contributed by atoms with Crippen molar-refractivity contribution < 1.29 is 5.11 Å². The Kier molecular flexibility index (Phi) is 5.57. The molecule has 1 aliphatic heterocycles. The Morgan fingerprint density at radius 1 is 1.32 bits per heavy atom. The molecule has 106 valence electrons. The van der Waals surface area contributed by atoms with Gasteiger partial charge in [-0.1, -0.05) is 13.0 Å². The molecule has 0 amide bonds. The molecule has 1 fully saturated rings. The number of nitrogens with zero attached hydrogens (tertiary/aromatic N) is 3. The van der Waals surface area contributed by atoms with Crippen molar-refractivity contribution >= 4 is 5.82 Å². The first-order valence-corrected chi connectivity index (χ1v) is 7.06. The first-order chi connectivity index (χ1) is 9.29. The van der Waals surface area contributed by atoms with Crippen molar-refractivity contribution in [2.75, 3.05) is 50.7 Å². The minimum absolute atomic E-state index is 0.277. The van der Waals surface area contributed by atoms with Gasteiger partial charge in [-0.2, -0.15) is 0 Å². The Labute approximate surface area is 115 Å². The van der Waals surface area contributed by atoms with E-state index in [-0.39, 0.29) is 6.10 Å². The quantitative estimate of drug-likeness (QED) is 0.767. The molecule has 1 atom stereocenters. The summed E-state index contributed by atoms with van der Waals surface area (Å²) in [6, 6.07) is 6.02. The topological polar surface area (TPSA) is 51.6 Å². The van der Waals surface area contributed by atoms with Gasteiger partial charge in [0.05, 0.1) is 6.10 Å². The zero-order valence-electron chi connectivity index (χ0n) is 11.6. The third-order valence-electron chi connectivity index (χ3n) is 3.44. The number of aromatic nitrogens is 1. The number of β-amino-alcohol motifs (C(OH)–C–C–N with tert-alkyl or cyclic N) is 1. The van der Waals surface area contributed by atoms with E-state index >= 15 is 0 Å². The molecule has 1 saturated heterocycles. The van der Waals surface area contributed by atoms with Gasteiger partial charge in [0, 0.05) is 45.5 Å². The fourth-order valence-corrected chi connectivity index (χ4v) is 2.37. The van der Waals surface area contributed by atoms with E-state index in [1.807, 2.05) is 18.3 Å². The molecule has 1 aromatic heterocycles. The van der Waals surface area contributed by atoms with Crippen molar-refractivity contribution in [3.05, 3.63) is 24.4 Å². The zero-order chi connectivity index (χ0) is 13.5. The molecule has 0 aliphatic carbocycles. The molecule has 0 saturated carbocycles. The van der Waals surface area contributed by atoms with Crippen molar-refractivity contribution in [3.63, 3.8) is 0 Å². The Balaban J connectivity index is 1.73. The molecule has 5 nitrogen and oxygen atoms in total. The van der Waals surface area contributed by atoms with E-state index in [1.165, 1.54) is 0 Å². The molecule has 2 heterocycles. The number of likely N-dealkylation sites (N-methyl/N-ethyl adjacent to an activating group) is 1. The van der Waals surface area contributed by atoms with Crippen molar-refractivity contribution in [2.45, 2.75) is 13.0 Å². The molecule has 2 rings (SSSR count). The van der Waals surface area contributed by atoms with E-state index in [0.717, 1.165) is 45.1 Å². The molecule has 1 aromatic rings. The third-order valence-corrected chi connectivity index (χ3v) is 3.44. The van der Waals surface area contributed by atoms with Crippen LogP contribution in [0.4, 0.5) is 5.82 Å². The summed E-state index contributed by atoms with van der Waals surface area (Å²) in [5.74, 6) is 1.05. The van der Waals surface area contributed by atoms with Gasteiger partial charge in [-0.15, -0.1) is 0 Å². The Morgan fingerprint density at radius 3 is 2.74 bits per heavy atom. The van der Waals surface area contributed by atoms with Crippen LogP contribution in [-0.4, -0.2) is 66.9 Å². The molecule has 5 heteroatoms. The molecule has 0 aromatic carbocycles. The highest BCUT2D eigenvalue weighted by Gasteiger charge is 2.19. The van der Waals surface area contributed by atoms with Gasteiger partial charge >= 0.3 is 0 Å². The van der Waals surface area contributed by atoms with Gasteiger partial charge in [0.1, 0.15) is 5.82 Å². The van der Waals surface area contributed by atoms with Gasteiger partial charge in [0.2, 0.25) is 0 Å². The smallest absolute Gasteiger partial charge is 0.128 e. The summed E-state index contributed by atoms with van der Waals surface area (Å²) < 4.78 is 0. The van der Waals surface area contributed by atoms with E-state index in [1.54, 1.807) is 0 Å².